The molecule has 5 heteroatoms. The van der Waals surface area contributed by atoms with Crippen LogP contribution in [0.1, 0.15) is 36.8 Å². The van der Waals surface area contributed by atoms with Crippen molar-refractivity contribution in [2.24, 2.45) is 0 Å². The van der Waals surface area contributed by atoms with Gasteiger partial charge in [0.1, 0.15) is 17.4 Å². The van der Waals surface area contributed by atoms with Gasteiger partial charge in [0.2, 0.25) is 0 Å². The molecule has 0 saturated carbocycles. The average Bonchev–Trinajstić information content (AvgIpc) is 2.45. The Morgan fingerprint density at radius 1 is 1.33 bits per heavy atom. The molecule has 0 N–H and O–H groups in total. The highest BCUT2D eigenvalue weighted by atomic mass is 32.2. The molecule has 0 spiro atoms. The fourth-order valence-electron chi connectivity index (χ4n) is 3.34. The number of sulfone groups is 1. The van der Waals surface area contributed by atoms with Crippen molar-refractivity contribution >= 4 is 15.4 Å². The lowest BCUT2D eigenvalue weighted by Crippen LogP contribution is -2.38. The van der Waals surface area contributed by atoms with Gasteiger partial charge in [-0.2, -0.15) is 5.26 Å². The Kier molecular flexibility index (Phi) is 3.50. The lowest BCUT2D eigenvalue weighted by Gasteiger charge is -2.33. The van der Waals surface area contributed by atoms with E-state index in [1.807, 2.05) is 18.2 Å². The van der Waals surface area contributed by atoms with Gasteiger partial charge in [-0.1, -0.05) is 24.6 Å². The van der Waals surface area contributed by atoms with Crippen molar-refractivity contribution < 1.29 is 13.2 Å². The lowest BCUT2D eigenvalue weighted by molar-refractivity contribution is 0.413. The molecular formula is C16H17NO3S. The van der Waals surface area contributed by atoms with Crippen LogP contribution in [0.5, 0.6) is 5.75 Å². The molecule has 2 atom stereocenters. The normalized spacial score (nSPS) is 26.6. The highest BCUT2D eigenvalue weighted by molar-refractivity contribution is 7.93. The second-order valence-electron chi connectivity index (χ2n) is 5.57. The average molecular weight is 303 g/mol. The Hall–Kier alpha value is -1.80. The molecule has 0 radical (unpaired) electrons. The van der Waals surface area contributed by atoms with Gasteiger partial charge in [-0.3, -0.25) is 0 Å². The van der Waals surface area contributed by atoms with Crippen molar-refractivity contribution in [2.45, 2.75) is 36.2 Å². The minimum absolute atomic E-state index is 0.297. The Bertz CT molecular complexity index is 743. The SMILES string of the molecule is COc1cccc(C2=CC3CCCC(C2)S3(=O)=O)c1C#N. The Labute approximate surface area is 125 Å². The van der Waals surface area contributed by atoms with Gasteiger partial charge < -0.3 is 4.74 Å². The van der Waals surface area contributed by atoms with Crippen molar-refractivity contribution in [1.29, 1.82) is 5.26 Å². The van der Waals surface area contributed by atoms with Crippen molar-refractivity contribution in [3.63, 3.8) is 0 Å². The maximum Gasteiger partial charge on any atom is 0.159 e. The topological polar surface area (TPSA) is 67.2 Å². The largest absolute Gasteiger partial charge is 0.495 e. The van der Waals surface area contributed by atoms with Crippen LogP contribution in [-0.4, -0.2) is 26.0 Å². The fourth-order valence-corrected chi connectivity index (χ4v) is 5.59. The first-order chi connectivity index (χ1) is 10.1. The standard InChI is InChI=1S/C16H17NO3S/c1-20-16-7-3-6-14(15(16)10-17)11-8-12-4-2-5-13(9-11)21(12,18)19/h3,6-8,12-13H,2,4-5,9H2,1H3. The van der Waals surface area contributed by atoms with Gasteiger partial charge in [-0.15, -0.1) is 0 Å². The van der Waals surface area contributed by atoms with Gasteiger partial charge in [0.05, 0.1) is 17.6 Å². The summed E-state index contributed by atoms with van der Waals surface area (Å²) >= 11 is 0. The molecule has 1 saturated heterocycles. The second-order valence-corrected chi connectivity index (χ2v) is 8.02. The second kappa shape index (κ2) is 5.19. The molecule has 110 valence electrons. The third-order valence-corrected chi connectivity index (χ3v) is 6.99. The number of nitrogens with zero attached hydrogens (tertiary/aromatic N) is 1. The number of ether oxygens (including phenoxy) is 1. The number of methoxy groups -OCH3 is 1. The summed E-state index contributed by atoms with van der Waals surface area (Å²) in [6, 6.07) is 7.65. The first-order valence-corrected chi connectivity index (χ1v) is 8.69. The van der Waals surface area contributed by atoms with Crippen LogP contribution in [0, 0.1) is 11.3 Å². The van der Waals surface area contributed by atoms with Crippen molar-refractivity contribution in [3.05, 3.63) is 35.4 Å². The number of rotatable bonds is 2. The molecule has 2 bridgehead atoms. The van der Waals surface area contributed by atoms with E-state index >= 15 is 0 Å². The summed E-state index contributed by atoms with van der Waals surface area (Å²) < 4.78 is 29.9. The zero-order valence-corrected chi connectivity index (χ0v) is 12.7. The molecule has 4 nitrogen and oxygen atoms in total. The Morgan fingerprint density at radius 2 is 2.14 bits per heavy atom. The zero-order valence-electron chi connectivity index (χ0n) is 11.9. The molecule has 2 aliphatic heterocycles. The molecule has 1 aromatic carbocycles. The Morgan fingerprint density at radius 3 is 2.81 bits per heavy atom. The number of allylic oxidation sites excluding steroid dienone is 1. The van der Waals surface area contributed by atoms with Crippen molar-refractivity contribution in [2.75, 3.05) is 7.11 Å². The number of nitriles is 1. The maximum absolute atomic E-state index is 12.3. The molecule has 21 heavy (non-hydrogen) atoms. The third-order valence-electron chi connectivity index (χ3n) is 4.44. The molecule has 0 aromatic heterocycles. The fraction of sp³-hybridized carbons (Fsp3) is 0.438. The molecule has 0 amide bonds. The third kappa shape index (κ3) is 2.24. The van der Waals surface area contributed by atoms with E-state index in [1.165, 1.54) is 7.11 Å². The Balaban J connectivity index is 2.11. The van der Waals surface area contributed by atoms with E-state index in [9.17, 15) is 13.7 Å². The first-order valence-electron chi connectivity index (χ1n) is 7.09. The quantitative estimate of drug-likeness (QED) is 0.842. The summed E-state index contributed by atoms with van der Waals surface area (Å²) in [5.41, 5.74) is 2.27. The molecule has 2 unspecified atom stereocenters. The van der Waals surface area contributed by atoms with Gasteiger partial charge >= 0.3 is 0 Å². The molecular weight excluding hydrogens is 286 g/mol. The van der Waals surface area contributed by atoms with Crippen molar-refractivity contribution in [1.82, 2.24) is 0 Å². The molecule has 0 aliphatic carbocycles. The van der Waals surface area contributed by atoms with Gasteiger partial charge in [-0.25, -0.2) is 8.42 Å². The van der Waals surface area contributed by atoms with Crippen LogP contribution in [0.25, 0.3) is 5.57 Å². The van der Waals surface area contributed by atoms with Crippen LogP contribution < -0.4 is 4.74 Å². The highest BCUT2D eigenvalue weighted by Gasteiger charge is 2.40. The maximum atomic E-state index is 12.3. The minimum Gasteiger partial charge on any atom is -0.495 e. The van der Waals surface area contributed by atoms with E-state index in [0.29, 0.717) is 24.2 Å². The van der Waals surface area contributed by atoms with E-state index < -0.39 is 15.1 Å². The zero-order chi connectivity index (χ0) is 15.0. The molecule has 2 heterocycles. The number of benzene rings is 1. The van der Waals surface area contributed by atoms with Crippen LogP contribution >= 0.6 is 0 Å². The van der Waals surface area contributed by atoms with E-state index in [2.05, 4.69) is 6.07 Å². The van der Waals surface area contributed by atoms with Crippen LogP contribution in [0.2, 0.25) is 0 Å². The number of fused-ring (bicyclic) bond motifs is 2. The van der Waals surface area contributed by atoms with Gasteiger partial charge in [0.25, 0.3) is 0 Å². The summed E-state index contributed by atoms with van der Waals surface area (Å²) in [7, 11) is -1.50. The smallest absolute Gasteiger partial charge is 0.159 e. The van der Waals surface area contributed by atoms with Crippen molar-refractivity contribution in [3.8, 4) is 11.8 Å². The molecule has 1 fully saturated rings. The predicted molar refractivity (Wildman–Crippen MR) is 80.6 cm³/mol. The van der Waals surface area contributed by atoms with E-state index in [1.54, 1.807) is 6.07 Å². The summed E-state index contributed by atoms with van der Waals surface area (Å²) in [5, 5.41) is 8.70. The summed E-state index contributed by atoms with van der Waals surface area (Å²) in [6.45, 7) is 0. The first kappa shape index (κ1) is 14.2. The monoisotopic (exact) mass is 303 g/mol. The molecule has 1 aromatic rings. The molecule has 3 rings (SSSR count). The minimum atomic E-state index is -3.03. The van der Waals surface area contributed by atoms with Crippen LogP contribution in [0.15, 0.2) is 24.3 Å². The van der Waals surface area contributed by atoms with E-state index in [4.69, 9.17) is 4.74 Å². The predicted octanol–water partition coefficient (Wildman–Crippen LogP) is 2.69. The van der Waals surface area contributed by atoms with Gasteiger partial charge in [-0.05, 0) is 36.5 Å². The lowest BCUT2D eigenvalue weighted by atomic mass is 9.90. The van der Waals surface area contributed by atoms with Crippen LogP contribution in [-0.2, 0) is 9.84 Å². The summed E-state index contributed by atoms with van der Waals surface area (Å²) in [4.78, 5) is 0. The van der Waals surface area contributed by atoms with Crippen LogP contribution in [0.3, 0.4) is 0 Å². The highest BCUT2D eigenvalue weighted by Crippen LogP contribution is 2.40. The van der Waals surface area contributed by atoms with E-state index in [0.717, 1.165) is 24.0 Å². The van der Waals surface area contributed by atoms with Gasteiger partial charge in [0.15, 0.2) is 9.84 Å². The molecule has 2 aliphatic rings. The number of hydrogen-bond acceptors (Lipinski definition) is 4. The summed E-state index contributed by atoms with van der Waals surface area (Å²) in [6.07, 6.45) is 4.72. The van der Waals surface area contributed by atoms with E-state index in [-0.39, 0.29) is 5.25 Å². The van der Waals surface area contributed by atoms with Gasteiger partial charge in [0, 0.05) is 0 Å². The summed E-state index contributed by atoms with van der Waals surface area (Å²) in [5.74, 6) is 0.537. The van der Waals surface area contributed by atoms with Crippen LogP contribution in [0.4, 0.5) is 0 Å². The number of hydrogen-bond donors (Lipinski definition) is 0.